The maximum Gasteiger partial charge on any atom is 0.223 e. The van der Waals surface area contributed by atoms with E-state index in [0.29, 0.717) is 0 Å². The zero-order chi connectivity index (χ0) is 14.4. The van der Waals surface area contributed by atoms with Gasteiger partial charge in [0.2, 0.25) is 5.91 Å². The molecule has 1 N–H and O–H groups in total. The first-order chi connectivity index (χ1) is 9.68. The second-order valence-electron chi connectivity index (χ2n) is 6.30. The number of nitrogens with one attached hydrogen (secondary N) is 1. The van der Waals surface area contributed by atoms with E-state index < -0.39 is 0 Å². The number of piperidine rings is 1. The van der Waals surface area contributed by atoms with Crippen molar-refractivity contribution in [2.24, 2.45) is 11.8 Å². The van der Waals surface area contributed by atoms with Crippen molar-refractivity contribution < 1.29 is 9.59 Å². The number of amides is 1. The molecule has 4 nitrogen and oxygen atoms in total. The summed E-state index contributed by atoms with van der Waals surface area (Å²) in [4.78, 5) is 26.3. The van der Waals surface area contributed by atoms with Crippen LogP contribution in [0.15, 0.2) is 0 Å². The summed E-state index contributed by atoms with van der Waals surface area (Å²) >= 11 is 0. The summed E-state index contributed by atoms with van der Waals surface area (Å²) in [6.45, 7) is 5.62. The molecule has 1 saturated heterocycles. The van der Waals surface area contributed by atoms with Crippen molar-refractivity contribution >= 4 is 11.7 Å². The van der Waals surface area contributed by atoms with Crippen molar-refractivity contribution in [1.29, 1.82) is 0 Å². The molecular weight excluding hydrogens is 252 g/mol. The lowest BCUT2D eigenvalue weighted by molar-refractivity contribution is -0.134. The molecule has 1 heterocycles. The third-order valence-corrected chi connectivity index (χ3v) is 4.80. The Bertz CT molecular complexity index is 337. The molecule has 114 valence electrons. The highest BCUT2D eigenvalue weighted by Crippen LogP contribution is 2.30. The van der Waals surface area contributed by atoms with Gasteiger partial charge in [-0.05, 0) is 45.7 Å². The first-order valence-corrected chi connectivity index (χ1v) is 8.19. The van der Waals surface area contributed by atoms with Crippen LogP contribution >= 0.6 is 0 Å². The second kappa shape index (κ2) is 7.77. The third-order valence-electron chi connectivity index (χ3n) is 4.80. The van der Waals surface area contributed by atoms with Gasteiger partial charge in [-0.1, -0.05) is 19.3 Å². The molecule has 20 heavy (non-hydrogen) atoms. The zero-order valence-corrected chi connectivity index (χ0v) is 12.7. The third kappa shape index (κ3) is 4.30. The lowest BCUT2D eigenvalue weighted by Crippen LogP contribution is -2.43. The van der Waals surface area contributed by atoms with Crippen LogP contribution in [0.2, 0.25) is 0 Å². The highest BCUT2D eigenvalue weighted by molar-refractivity contribution is 5.87. The van der Waals surface area contributed by atoms with Gasteiger partial charge < -0.3 is 10.2 Å². The van der Waals surface area contributed by atoms with Gasteiger partial charge in [-0.25, -0.2) is 0 Å². The van der Waals surface area contributed by atoms with Crippen LogP contribution in [0.25, 0.3) is 0 Å². The lowest BCUT2D eigenvalue weighted by Gasteiger charge is -2.30. The van der Waals surface area contributed by atoms with E-state index in [9.17, 15) is 9.59 Å². The normalized spacial score (nSPS) is 28.1. The molecular formula is C16H28N2O2. The molecule has 2 unspecified atom stereocenters. The SMILES string of the molecule is CC(=O)C1CCCCC1C(=O)NCCN1CCCCC1. The van der Waals surface area contributed by atoms with Gasteiger partial charge in [-0.15, -0.1) is 0 Å². The van der Waals surface area contributed by atoms with Crippen molar-refractivity contribution in [2.75, 3.05) is 26.2 Å². The van der Waals surface area contributed by atoms with Crippen LogP contribution < -0.4 is 5.32 Å². The monoisotopic (exact) mass is 280 g/mol. The molecule has 4 heteroatoms. The fraction of sp³-hybridized carbons (Fsp3) is 0.875. The van der Waals surface area contributed by atoms with E-state index in [0.717, 1.165) is 51.9 Å². The van der Waals surface area contributed by atoms with E-state index >= 15 is 0 Å². The van der Waals surface area contributed by atoms with Crippen molar-refractivity contribution in [2.45, 2.75) is 51.9 Å². The van der Waals surface area contributed by atoms with E-state index in [1.54, 1.807) is 6.92 Å². The van der Waals surface area contributed by atoms with Crippen LogP contribution in [0.1, 0.15) is 51.9 Å². The van der Waals surface area contributed by atoms with Gasteiger partial charge >= 0.3 is 0 Å². The van der Waals surface area contributed by atoms with Crippen LogP contribution in [-0.2, 0) is 9.59 Å². The van der Waals surface area contributed by atoms with Gasteiger partial charge in [0.05, 0.1) is 0 Å². The molecule has 0 aromatic heterocycles. The van der Waals surface area contributed by atoms with Crippen molar-refractivity contribution in [3.63, 3.8) is 0 Å². The van der Waals surface area contributed by atoms with Crippen molar-refractivity contribution in [3.05, 3.63) is 0 Å². The van der Waals surface area contributed by atoms with Gasteiger partial charge in [0.15, 0.2) is 0 Å². The molecule has 0 radical (unpaired) electrons. The summed E-state index contributed by atoms with van der Waals surface area (Å²) in [5.41, 5.74) is 0. The van der Waals surface area contributed by atoms with Gasteiger partial charge in [0.25, 0.3) is 0 Å². The molecule has 2 aliphatic rings. The molecule has 1 aliphatic heterocycles. The van der Waals surface area contributed by atoms with Gasteiger partial charge in [0.1, 0.15) is 5.78 Å². The summed E-state index contributed by atoms with van der Waals surface area (Å²) < 4.78 is 0. The number of ketones is 1. The number of likely N-dealkylation sites (tertiary alicyclic amines) is 1. The van der Waals surface area contributed by atoms with E-state index in [1.807, 2.05) is 0 Å². The predicted octanol–water partition coefficient (Wildman–Crippen LogP) is 1.98. The number of nitrogens with zero attached hydrogens (tertiary/aromatic N) is 1. The number of Topliss-reactive ketones (excluding diaryl/α,β-unsaturated/α-hetero) is 1. The number of hydrogen-bond donors (Lipinski definition) is 1. The van der Waals surface area contributed by atoms with E-state index in [2.05, 4.69) is 10.2 Å². The van der Waals surface area contributed by atoms with Crippen LogP contribution in [0.4, 0.5) is 0 Å². The molecule has 2 atom stereocenters. The Kier molecular flexibility index (Phi) is 6.02. The maximum atomic E-state index is 12.3. The molecule has 0 aromatic rings. The summed E-state index contributed by atoms with van der Waals surface area (Å²) in [6, 6.07) is 0. The van der Waals surface area contributed by atoms with Crippen LogP contribution in [0.5, 0.6) is 0 Å². The van der Waals surface area contributed by atoms with E-state index in [1.165, 1.54) is 19.3 Å². The van der Waals surface area contributed by atoms with Gasteiger partial charge in [-0.2, -0.15) is 0 Å². The summed E-state index contributed by atoms with van der Waals surface area (Å²) in [5, 5.41) is 3.05. The van der Waals surface area contributed by atoms with Crippen LogP contribution in [-0.4, -0.2) is 42.8 Å². The van der Waals surface area contributed by atoms with Crippen LogP contribution in [0.3, 0.4) is 0 Å². The first-order valence-electron chi connectivity index (χ1n) is 8.19. The Hall–Kier alpha value is -0.900. The second-order valence-corrected chi connectivity index (χ2v) is 6.30. The van der Waals surface area contributed by atoms with E-state index in [4.69, 9.17) is 0 Å². The highest BCUT2D eigenvalue weighted by atomic mass is 16.2. The molecule has 2 fully saturated rings. The van der Waals surface area contributed by atoms with E-state index in [-0.39, 0.29) is 23.5 Å². The summed E-state index contributed by atoms with van der Waals surface area (Å²) in [6.07, 6.45) is 7.83. The first kappa shape index (κ1) is 15.5. The number of rotatable bonds is 5. The Morgan fingerprint density at radius 1 is 1.00 bits per heavy atom. The van der Waals surface area contributed by atoms with Gasteiger partial charge in [-0.3, -0.25) is 9.59 Å². The Balaban J connectivity index is 1.73. The molecule has 0 spiro atoms. The predicted molar refractivity (Wildman–Crippen MR) is 79.4 cm³/mol. The minimum atomic E-state index is -0.0809. The molecule has 0 aromatic carbocycles. The Morgan fingerprint density at radius 3 is 2.30 bits per heavy atom. The summed E-state index contributed by atoms with van der Waals surface area (Å²) in [5.74, 6) is 0.157. The highest BCUT2D eigenvalue weighted by Gasteiger charge is 2.33. The maximum absolute atomic E-state index is 12.3. The average Bonchev–Trinajstić information content (AvgIpc) is 2.48. The Morgan fingerprint density at radius 2 is 1.65 bits per heavy atom. The standard InChI is InChI=1S/C16H28N2O2/c1-13(19)14-7-3-4-8-15(14)16(20)17-9-12-18-10-5-2-6-11-18/h14-15H,2-12H2,1H3,(H,17,20). The lowest BCUT2D eigenvalue weighted by atomic mass is 9.77. The van der Waals surface area contributed by atoms with Crippen molar-refractivity contribution in [1.82, 2.24) is 10.2 Å². The average molecular weight is 280 g/mol. The summed E-state index contributed by atoms with van der Waals surface area (Å²) in [7, 11) is 0. The molecule has 1 aliphatic carbocycles. The largest absolute Gasteiger partial charge is 0.355 e. The smallest absolute Gasteiger partial charge is 0.223 e. The van der Waals surface area contributed by atoms with Crippen LogP contribution in [0, 0.1) is 11.8 Å². The number of hydrogen-bond acceptors (Lipinski definition) is 3. The molecule has 1 amide bonds. The fourth-order valence-electron chi connectivity index (χ4n) is 3.58. The molecule has 2 rings (SSSR count). The quantitative estimate of drug-likeness (QED) is 0.838. The topological polar surface area (TPSA) is 49.4 Å². The number of carbonyl (C=O) groups excluding carboxylic acids is 2. The minimum Gasteiger partial charge on any atom is -0.355 e. The Labute approximate surface area is 122 Å². The molecule has 0 bridgehead atoms. The van der Waals surface area contributed by atoms with Crippen molar-refractivity contribution in [3.8, 4) is 0 Å². The number of carbonyl (C=O) groups is 2. The molecule has 1 saturated carbocycles. The fourth-order valence-corrected chi connectivity index (χ4v) is 3.58. The minimum absolute atomic E-state index is 0.0428. The van der Waals surface area contributed by atoms with Gasteiger partial charge in [0, 0.05) is 24.9 Å². The zero-order valence-electron chi connectivity index (χ0n) is 12.7.